The van der Waals surface area contributed by atoms with Crippen LogP contribution in [-0.4, -0.2) is 34.9 Å². The molecule has 1 amide bonds. The SMILES string of the molecule is O=C1CC(C2CCCCN2Cc2ccc([N+](=O)[O-])cc2Cl)CN1. The summed E-state index contributed by atoms with van der Waals surface area (Å²) in [7, 11) is 0. The van der Waals surface area contributed by atoms with Crippen molar-refractivity contribution < 1.29 is 9.72 Å². The molecule has 0 spiro atoms. The zero-order valence-electron chi connectivity index (χ0n) is 12.8. The highest BCUT2D eigenvalue weighted by Gasteiger charge is 2.34. The van der Waals surface area contributed by atoms with Crippen LogP contribution in [0.2, 0.25) is 5.02 Å². The number of nitro benzene ring substituents is 1. The molecule has 0 bridgehead atoms. The van der Waals surface area contributed by atoms with Crippen LogP contribution in [0.1, 0.15) is 31.2 Å². The fraction of sp³-hybridized carbons (Fsp3) is 0.562. The van der Waals surface area contributed by atoms with Gasteiger partial charge in [0.05, 0.1) is 9.95 Å². The van der Waals surface area contributed by atoms with Crippen LogP contribution in [0, 0.1) is 16.0 Å². The van der Waals surface area contributed by atoms with E-state index in [1.54, 1.807) is 6.07 Å². The number of amides is 1. The summed E-state index contributed by atoms with van der Waals surface area (Å²) < 4.78 is 0. The lowest BCUT2D eigenvalue weighted by Crippen LogP contribution is -2.44. The normalized spacial score (nSPS) is 25.3. The van der Waals surface area contributed by atoms with Crippen molar-refractivity contribution >= 4 is 23.2 Å². The van der Waals surface area contributed by atoms with E-state index in [0.29, 0.717) is 29.9 Å². The average molecular weight is 338 g/mol. The number of likely N-dealkylation sites (tertiary alicyclic amines) is 1. The number of benzene rings is 1. The van der Waals surface area contributed by atoms with Gasteiger partial charge in [0.1, 0.15) is 0 Å². The molecule has 2 fully saturated rings. The van der Waals surface area contributed by atoms with Gasteiger partial charge in [-0.25, -0.2) is 0 Å². The molecule has 124 valence electrons. The third-order valence-electron chi connectivity index (χ3n) is 4.84. The van der Waals surface area contributed by atoms with Crippen LogP contribution in [0.5, 0.6) is 0 Å². The lowest BCUT2D eigenvalue weighted by molar-refractivity contribution is -0.384. The van der Waals surface area contributed by atoms with Crippen LogP contribution < -0.4 is 5.32 Å². The van der Waals surface area contributed by atoms with Gasteiger partial charge in [-0.05, 0) is 31.0 Å². The Kier molecular flexibility index (Phi) is 4.82. The Balaban J connectivity index is 1.74. The maximum atomic E-state index is 11.5. The van der Waals surface area contributed by atoms with Gasteiger partial charge in [-0.15, -0.1) is 0 Å². The fourth-order valence-corrected chi connectivity index (χ4v) is 3.88. The minimum atomic E-state index is -0.435. The number of nitrogens with zero attached hydrogens (tertiary/aromatic N) is 2. The van der Waals surface area contributed by atoms with Crippen molar-refractivity contribution in [1.29, 1.82) is 0 Å². The molecule has 0 saturated carbocycles. The molecule has 1 N–H and O–H groups in total. The molecule has 7 heteroatoms. The van der Waals surface area contributed by atoms with Crippen molar-refractivity contribution in [1.82, 2.24) is 10.2 Å². The molecule has 2 saturated heterocycles. The molecular weight excluding hydrogens is 318 g/mol. The Hall–Kier alpha value is -1.66. The summed E-state index contributed by atoms with van der Waals surface area (Å²) in [5.41, 5.74) is 0.918. The second-order valence-corrected chi connectivity index (χ2v) is 6.74. The van der Waals surface area contributed by atoms with Crippen LogP contribution >= 0.6 is 11.6 Å². The predicted octanol–water partition coefficient (Wildman–Crippen LogP) is 2.74. The molecule has 2 aliphatic rings. The van der Waals surface area contributed by atoms with Crippen LogP contribution in [-0.2, 0) is 11.3 Å². The van der Waals surface area contributed by atoms with Crippen molar-refractivity contribution in [3.8, 4) is 0 Å². The first-order valence-corrected chi connectivity index (χ1v) is 8.36. The minimum Gasteiger partial charge on any atom is -0.356 e. The number of rotatable bonds is 4. The Labute approximate surface area is 139 Å². The van der Waals surface area contributed by atoms with Crippen molar-refractivity contribution in [2.24, 2.45) is 5.92 Å². The van der Waals surface area contributed by atoms with Crippen molar-refractivity contribution in [3.05, 3.63) is 38.9 Å². The zero-order valence-corrected chi connectivity index (χ0v) is 13.6. The number of non-ortho nitro benzene ring substituents is 1. The lowest BCUT2D eigenvalue weighted by atomic mass is 9.89. The summed E-state index contributed by atoms with van der Waals surface area (Å²) in [5.74, 6) is 0.480. The summed E-state index contributed by atoms with van der Waals surface area (Å²) in [6, 6.07) is 5.02. The van der Waals surface area contributed by atoms with Gasteiger partial charge in [-0.3, -0.25) is 19.8 Å². The second kappa shape index (κ2) is 6.84. The first-order chi connectivity index (χ1) is 11.0. The highest BCUT2D eigenvalue weighted by molar-refractivity contribution is 6.31. The number of piperidine rings is 1. The quantitative estimate of drug-likeness (QED) is 0.677. The van der Waals surface area contributed by atoms with E-state index in [4.69, 9.17) is 11.6 Å². The Morgan fingerprint density at radius 1 is 1.39 bits per heavy atom. The Bertz CT molecular complexity index is 623. The molecule has 2 atom stereocenters. The lowest BCUT2D eigenvalue weighted by Gasteiger charge is -2.39. The number of carbonyl (C=O) groups excluding carboxylic acids is 1. The van der Waals surface area contributed by atoms with E-state index in [2.05, 4.69) is 10.2 Å². The molecule has 1 aromatic rings. The van der Waals surface area contributed by atoms with Crippen LogP contribution in [0.25, 0.3) is 0 Å². The van der Waals surface area contributed by atoms with E-state index in [9.17, 15) is 14.9 Å². The summed E-state index contributed by atoms with van der Waals surface area (Å²) in [5, 5.41) is 14.2. The number of halogens is 1. The fourth-order valence-electron chi connectivity index (χ4n) is 3.64. The highest BCUT2D eigenvalue weighted by atomic mass is 35.5. The molecule has 3 rings (SSSR count). The standard InChI is InChI=1S/C16H20ClN3O3/c17-14-8-13(20(22)23)5-4-11(14)10-19-6-2-1-3-15(19)12-7-16(21)18-9-12/h4-5,8,12,15H,1-3,6-7,9-10H2,(H,18,21). The van der Waals surface area contributed by atoms with Crippen molar-refractivity contribution in [2.45, 2.75) is 38.3 Å². The van der Waals surface area contributed by atoms with Gasteiger partial charge in [0, 0.05) is 43.6 Å². The van der Waals surface area contributed by atoms with E-state index in [-0.39, 0.29) is 11.6 Å². The Morgan fingerprint density at radius 3 is 2.87 bits per heavy atom. The topological polar surface area (TPSA) is 75.5 Å². The molecule has 2 aliphatic heterocycles. The molecule has 0 aromatic heterocycles. The first kappa shape index (κ1) is 16.2. The summed E-state index contributed by atoms with van der Waals surface area (Å²) >= 11 is 6.23. The summed E-state index contributed by atoms with van der Waals surface area (Å²) in [4.78, 5) is 24.3. The third-order valence-corrected chi connectivity index (χ3v) is 5.19. The molecule has 23 heavy (non-hydrogen) atoms. The molecular formula is C16H20ClN3O3. The number of hydrogen-bond donors (Lipinski definition) is 1. The number of hydrogen-bond acceptors (Lipinski definition) is 4. The maximum absolute atomic E-state index is 11.5. The van der Waals surface area contributed by atoms with E-state index < -0.39 is 4.92 Å². The maximum Gasteiger partial charge on any atom is 0.270 e. The van der Waals surface area contributed by atoms with Gasteiger partial charge >= 0.3 is 0 Å². The van der Waals surface area contributed by atoms with E-state index in [1.807, 2.05) is 0 Å². The highest BCUT2D eigenvalue weighted by Crippen LogP contribution is 2.31. The molecule has 2 unspecified atom stereocenters. The van der Waals surface area contributed by atoms with Gasteiger partial charge < -0.3 is 5.32 Å². The van der Waals surface area contributed by atoms with E-state index in [0.717, 1.165) is 31.5 Å². The second-order valence-electron chi connectivity index (χ2n) is 6.33. The van der Waals surface area contributed by atoms with Gasteiger partial charge in [-0.1, -0.05) is 18.0 Å². The minimum absolute atomic E-state index is 0.0135. The van der Waals surface area contributed by atoms with Gasteiger partial charge in [-0.2, -0.15) is 0 Å². The largest absolute Gasteiger partial charge is 0.356 e. The van der Waals surface area contributed by atoms with Crippen molar-refractivity contribution in [3.63, 3.8) is 0 Å². The van der Waals surface area contributed by atoms with Crippen molar-refractivity contribution in [2.75, 3.05) is 13.1 Å². The average Bonchev–Trinajstić information content (AvgIpc) is 2.96. The summed E-state index contributed by atoms with van der Waals surface area (Å²) in [6.45, 7) is 2.39. The first-order valence-electron chi connectivity index (χ1n) is 7.98. The smallest absolute Gasteiger partial charge is 0.270 e. The van der Waals surface area contributed by atoms with Crippen LogP contribution in [0.3, 0.4) is 0 Å². The number of nitro groups is 1. The van der Waals surface area contributed by atoms with E-state index >= 15 is 0 Å². The van der Waals surface area contributed by atoms with Crippen LogP contribution in [0.15, 0.2) is 18.2 Å². The third kappa shape index (κ3) is 3.64. The monoisotopic (exact) mass is 337 g/mol. The predicted molar refractivity (Wildman–Crippen MR) is 87.3 cm³/mol. The number of nitrogens with one attached hydrogen (secondary N) is 1. The van der Waals surface area contributed by atoms with Gasteiger partial charge in [0.25, 0.3) is 5.69 Å². The van der Waals surface area contributed by atoms with Gasteiger partial charge in [0.15, 0.2) is 0 Å². The van der Waals surface area contributed by atoms with Crippen LogP contribution in [0.4, 0.5) is 5.69 Å². The molecule has 0 radical (unpaired) electrons. The van der Waals surface area contributed by atoms with Gasteiger partial charge in [0.2, 0.25) is 5.91 Å². The molecule has 6 nitrogen and oxygen atoms in total. The molecule has 0 aliphatic carbocycles. The van der Waals surface area contributed by atoms with E-state index in [1.165, 1.54) is 18.6 Å². The Morgan fingerprint density at radius 2 is 2.22 bits per heavy atom. The molecule has 1 aromatic carbocycles. The molecule has 2 heterocycles. The number of carbonyl (C=O) groups is 1. The summed E-state index contributed by atoms with van der Waals surface area (Å²) in [6.07, 6.45) is 3.99. The zero-order chi connectivity index (χ0) is 16.4.